The lowest BCUT2D eigenvalue weighted by Crippen LogP contribution is -2.42. The Labute approximate surface area is 359 Å². The van der Waals surface area contributed by atoms with E-state index in [0.29, 0.717) is 65.6 Å². The summed E-state index contributed by atoms with van der Waals surface area (Å²) in [6.45, 7) is 5.41. The van der Waals surface area contributed by atoms with Gasteiger partial charge in [-0.25, -0.2) is 22.7 Å². The molecular formula is C43H48F3N13O4. The summed E-state index contributed by atoms with van der Waals surface area (Å²) in [5.41, 5.74) is 1.64. The van der Waals surface area contributed by atoms with Gasteiger partial charge >= 0.3 is 0 Å². The summed E-state index contributed by atoms with van der Waals surface area (Å²) in [5.74, 6) is -0.570. The van der Waals surface area contributed by atoms with Gasteiger partial charge in [-0.1, -0.05) is 0 Å². The largest absolute Gasteiger partial charge is 0.380 e. The van der Waals surface area contributed by atoms with Crippen molar-refractivity contribution >= 4 is 45.8 Å². The zero-order chi connectivity index (χ0) is 43.2. The SMILES string of the molecule is O=C1CCC(n2ncc3c(-c4cnn(C5CCN(CC6CCC(n7cc(NC(=O)c8cnn9ccc(N%10CCCOCC%10)nc89)c(C(F)F)n7)CC6)CC5)c4)c(F)ccc32)C(=O)N1. The molecule has 6 aromatic rings. The first-order chi connectivity index (χ1) is 30.7. The van der Waals surface area contributed by atoms with Crippen LogP contribution in [-0.4, -0.2) is 112 Å². The highest BCUT2D eigenvalue weighted by Crippen LogP contribution is 2.38. The average Bonchev–Trinajstić information content (AvgIpc) is 4.08. The lowest BCUT2D eigenvalue weighted by atomic mass is 9.85. The number of hydrogen-bond donors (Lipinski definition) is 2. The van der Waals surface area contributed by atoms with Crippen molar-refractivity contribution < 1.29 is 32.3 Å². The second kappa shape index (κ2) is 17.2. The molecule has 2 N–H and O–H groups in total. The molecule has 0 spiro atoms. The molecule has 1 saturated carbocycles. The molecule has 0 bridgehead atoms. The average molecular weight is 868 g/mol. The van der Waals surface area contributed by atoms with E-state index in [4.69, 9.17) is 9.72 Å². The molecule has 8 heterocycles. The van der Waals surface area contributed by atoms with Crippen LogP contribution in [0.3, 0.4) is 0 Å². The molecule has 4 fully saturated rings. The van der Waals surface area contributed by atoms with E-state index < -0.39 is 35.8 Å². The fraction of sp³-hybridized carbons (Fsp3) is 0.488. The van der Waals surface area contributed by atoms with Crippen LogP contribution in [0, 0.1) is 11.7 Å². The van der Waals surface area contributed by atoms with Crippen LogP contribution in [0.15, 0.2) is 55.4 Å². The maximum absolute atomic E-state index is 15.4. The zero-order valence-electron chi connectivity index (χ0n) is 34.6. The zero-order valence-corrected chi connectivity index (χ0v) is 34.6. The number of fused-ring (bicyclic) bond motifs is 2. The minimum Gasteiger partial charge on any atom is -0.380 e. The maximum Gasteiger partial charge on any atom is 0.284 e. The first-order valence-corrected chi connectivity index (χ1v) is 21.8. The van der Waals surface area contributed by atoms with Gasteiger partial charge in [-0.2, -0.15) is 20.4 Å². The van der Waals surface area contributed by atoms with E-state index in [1.807, 2.05) is 16.9 Å². The molecule has 20 heteroatoms. The predicted octanol–water partition coefficient (Wildman–Crippen LogP) is 5.74. The summed E-state index contributed by atoms with van der Waals surface area (Å²) in [7, 11) is 0. The van der Waals surface area contributed by atoms with Crippen molar-refractivity contribution in [3.8, 4) is 11.1 Å². The number of benzene rings is 1. The third-order valence-electron chi connectivity index (χ3n) is 13.1. The number of nitrogens with one attached hydrogen (secondary N) is 2. The number of halogens is 3. The second-order valence-electron chi connectivity index (χ2n) is 17.1. The molecule has 0 radical (unpaired) electrons. The third-order valence-corrected chi connectivity index (χ3v) is 13.1. The number of ether oxygens (including phenoxy) is 1. The Balaban J connectivity index is 0.736. The fourth-order valence-corrected chi connectivity index (χ4v) is 9.75. The van der Waals surface area contributed by atoms with Crippen molar-refractivity contribution in [2.24, 2.45) is 5.92 Å². The number of carbonyl (C=O) groups excluding carboxylic acids is 3. The van der Waals surface area contributed by atoms with E-state index in [1.165, 1.54) is 23.0 Å². The van der Waals surface area contributed by atoms with Crippen LogP contribution in [0.1, 0.15) is 98.4 Å². The van der Waals surface area contributed by atoms with Crippen LogP contribution in [0.2, 0.25) is 0 Å². The Kier molecular flexibility index (Phi) is 11.2. The second-order valence-corrected chi connectivity index (χ2v) is 17.1. The Hall–Kier alpha value is -6.15. The molecule has 17 nitrogen and oxygen atoms in total. The van der Waals surface area contributed by atoms with Gasteiger partial charge < -0.3 is 19.9 Å². The number of aromatic nitrogens is 9. The van der Waals surface area contributed by atoms with E-state index in [9.17, 15) is 23.2 Å². The van der Waals surface area contributed by atoms with Gasteiger partial charge in [0.15, 0.2) is 11.3 Å². The van der Waals surface area contributed by atoms with Crippen molar-refractivity contribution in [1.29, 1.82) is 0 Å². The van der Waals surface area contributed by atoms with Gasteiger partial charge in [0.2, 0.25) is 5.91 Å². The van der Waals surface area contributed by atoms with Gasteiger partial charge in [-0.05, 0) is 75.5 Å². The van der Waals surface area contributed by atoms with E-state index >= 15 is 4.39 Å². The highest BCUT2D eigenvalue weighted by Gasteiger charge is 2.32. The minimum atomic E-state index is -2.87. The Morgan fingerprint density at radius 2 is 1.71 bits per heavy atom. The molecule has 1 aliphatic carbocycles. The van der Waals surface area contributed by atoms with E-state index in [0.717, 1.165) is 71.1 Å². The highest BCUT2D eigenvalue weighted by atomic mass is 19.3. The van der Waals surface area contributed by atoms with Crippen molar-refractivity contribution in [2.75, 3.05) is 56.2 Å². The van der Waals surface area contributed by atoms with Crippen molar-refractivity contribution in [1.82, 2.24) is 54.2 Å². The molecule has 3 amide bonds. The number of rotatable bonds is 10. The number of piperidine rings is 2. The van der Waals surface area contributed by atoms with E-state index in [1.54, 1.807) is 34.0 Å². The molecule has 1 aromatic carbocycles. The number of anilines is 2. The molecule has 63 heavy (non-hydrogen) atoms. The van der Waals surface area contributed by atoms with Gasteiger partial charge in [0.1, 0.15) is 23.2 Å². The minimum absolute atomic E-state index is 0.0208. The summed E-state index contributed by atoms with van der Waals surface area (Å²) >= 11 is 0. The number of alkyl halides is 2. The maximum atomic E-state index is 15.4. The van der Waals surface area contributed by atoms with Crippen LogP contribution in [0.5, 0.6) is 0 Å². The Morgan fingerprint density at radius 3 is 2.52 bits per heavy atom. The topological polar surface area (TPSA) is 175 Å². The third kappa shape index (κ3) is 8.16. The van der Waals surface area contributed by atoms with Crippen LogP contribution < -0.4 is 15.5 Å². The molecule has 5 aromatic heterocycles. The standard InChI is InChI=1S/C43H48F3N13O4/c44-32-6-7-34-30(21-49-59(34)35-8-9-37(60)52-43(35)62)38(32)27-20-47-57(24-27)29-10-14-54(15-11-29)23-26-2-4-28(5-3-26)58-25-33(39(53-58)40(45)46)50-42(61)31-22-48-56-16-12-36(51-41(31)56)55-13-1-18-63-19-17-55/h6-7,12,16,20-22,24-26,28-29,35,40H,1-5,8-11,13-15,17-19,23H2,(H,50,61)(H,52,60,62). The molecule has 1 atom stereocenters. The number of imide groups is 1. The number of nitrogens with zero attached hydrogens (tertiary/aromatic N) is 11. The van der Waals surface area contributed by atoms with Gasteiger partial charge in [0, 0.05) is 80.9 Å². The Bertz CT molecular complexity index is 2650. The summed E-state index contributed by atoms with van der Waals surface area (Å²) in [5, 5.41) is 23.3. The van der Waals surface area contributed by atoms with Crippen molar-refractivity contribution in [2.45, 2.75) is 82.3 Å². The quantitative estimate of drug-likeness (QED) is 0.161. The smallest absolute Gasteiger partial charge is 0.284 e. The van der Waals surface area contributed by atoms with Crippen molar-refractivity contribution in [3.05, 3.63) is 72.5 Å². The normalized spacial score (nSPS) is 22.0. The van der Waals surface area contributed by atoms with E-state index in [2.05, 4.69) is 40.8 Å². The number of likely N-dealkylation sites (tertiary alicyclic amines) is 1. The lowest BCUT2D eigenvalue weighted by molar-refractivity contribution is -0.135. The number of carbonyl (C=O) groups is 3. The Morgan fingerprint density at radius 1 is 0.889 bits per heavy atom. The molecule has 3 aliphatic heterocycles. The molecular weight excluding hydrogens is 820 g/mol. The van der Waals surface area contributed by atoms with Gasteiger partial charge in [0.05, 0.1) is 48.5 Å². The molecule has 4 aliphatic rings. The molecule has 1 unspecified atom stereocenters. The summed E-state index contributed by atoms with van der Waals surface area (Å²) < 4.78 is 56.2. The number of amides is 3. The summed E-state index contributed by atoms with van der Waals surface area (Å²) in [6.07, 6.45) is 13.5. The number of hydrogen-bond acceptors (Lipinski definition) is 11. The van der Waals surface area contributed by atoms with Gasteiger partial charge in [-0.15, -0.1) is 0 Å². The summed E-state index contributed by atoms with van der Waals surface area (Å²) in [4.78, 5) is 47.1. The van der Waals surface area contributed by atoms with Crippen LogP contribution >= 0.6 is 0 Å². The monoisotopic (exact) mass is 867 g/mol. The van der Waals surface area contributed by atoms with Crippen LogP contribution in [-0.2, 0) is 14.3 Å². The first kappa shape index (κ1) is 40.9. The molecule has 3 saturated heterocycles. The van der Waals surface area contributed by atoms with Gasteiger partial charge in [-0.3, -0.25) is 33.7 Å². The molecule has 330 valence electrons. The first-order valence-electron chi connectivity index (χ1n) is 21.8. The van der Waals surface area contributed by atoms with E-state index in [-0.39, 0.29) is 35.7 Å². The fourth-order valence-electron chi connectivity index (χ4n) is 9.75. The van der Waals surface area contributed by atoms with Crippen LogP contribution in [0.25, 0.3) is 27.7 Å². The highest BCUT2D eigenvalue weighted by molar-refractivity contribution is 6.08. The van der Waals surface area contributed by atoms with Crippen molar-refractivity contribution in [3.63, 3.8) is 0 Å². The lowest BCUT2D eigenvalue weighted by Gasteiger charge is -2.36. The van der Waals surface area contributed by atoms with Gasteiger partial charge in [0.25, 0.3) is 18.2 Å². The predicted molar refractivity (Wildman–Crippen MR) is 224 cm³/mol. The van der Waals surface area contributed by atoms with Crippen LogP contribution in [0.4, 0.5) is 24.7 Å². The summed E-state index contributed by atoms with van der Waals surface area (Å²) in [6, 6.07) is 4.26. The molecule has 10 rings (SSSR count).